The van der Waals surface area contributed by atoms with E-state index in [4.69, 9.17) is 21.1 Å². The van der Waals surface area contributed by atoms with Crippen LogP contribution < -0.4 is 15.4 Å². The van der Waals surface area contributed by atoms with Crippen LogP contribution in [0.15, 0.2) is 30.5 Å². The van der Waals surface area contributed by atoms with E-state index >= 15 is 0 Å². The molecule has 1 aliphatic rings. The van der Waals surface area contributed by atoms with Crippen molar-refractivity contribution in [2.24, 2.45) is 0 Å². The molecular formula is C21H20ClF4N3O4. The number of nitrogens with zero attached hydrogens (tertiary/aromatic N) is 1. The van der Waals surface area contributed by atoms with Gasteiger partial charge in [-0.2, -0.15) is 13.2 Å². The normalized spacial score (nSPS) is 22.7. The molecule has 2 aromatic rings. The highest BCUT2D eigenvalue weighted by Gasteiger charge is 2.61. The first-order valence-electron chi connectivity index (χ1n) is 9.67. The number of alkyl halides is 3. The predicted octanol–water partition coefficient (Wildman–Crippen LogP) is 4.07. The largest absolute Gasteiger partial charge is 0.495 e. The van der Waals surface area contributed by atoms with Crippen molar-refractivity contribution in [3.8, 4) is 5.75 Å². The summed E-state index contributed by atoms with van der Waals surface area (Å²) in [4.78, 5) is 28.7. The number of amides is 2. The van der Waals surface area contributed by atoms with Crippen LogP contribution in [0.3, 0.4) is 0 Å². The summed E-state index contributed by atoms with van der Waals surface area (Å²) in [6, 6.07) is 4.83. The van der Waals surface area contributed by atoms with Crippen molar-refractivity contribution in [1.29, 1.82) is 0 Å². The number of pyridine rings is 1. The van der Waals surface area contributed by atoms with Crippen LogP contribution in [0, 0.1) is 5.82 Å². The van der Waals surface area contributed by atoms with E-state index in [0.717, 1.165) is 13.0 Å². The lowest BCUT2D eigenvalue weighted by Crippen LogP contribution is -2.43. The number of hydrogen-bond acceptors (Lipinski definition) is 5. The van der Waals surface area contributed by atoms with Crippen molar-refractivity contribution in [3.63, 3.8) is 0 Å². The van der Waals surface area contributed by atoms with Gasteiger partial charge >= 0.3 is 6.18 Å². The third kappa shape index (κ3) is 4.74. The Balaban J connectivity index is 2.00. The standard InChI is InChI=1S/C21H20ClF4N3O4/c1-20(21(24,25)26)9-12(11-4-5-13(23)15(22)16(11)32-3)17(33-20)19(31)29-10-6-7-28-14(8-10)18(30)27-2/h4-8,12,17H,9H2,1-3H3,(H,27,30)(H,28,29,31)/t12-,17-,20+/m1/s1. The summed E-state index contributed by atoms with van der Waals surface area (Å²) in [5, 5.41) is 4.41. The Morgan fingerprint density at radius 2 is 2.00 bits per heavy atom. The average Bonchev–Trinajstić information content (AvgIpc) is 3.14. The minimum atomic E-state index is -4.79. The van der Waals surface area contributed by atoms with Crippen molar-refractivity contribution in [2.75, 3.05) is 19.5 Å². The van der Waals surface area contributed by atoms with E-state index in [9.17, 15) is 27.2 Å². The molecule has 3 atom stereocenters. The summed E-state index contributed by atoms with van der Waals surface area (Å²) < 4.78 is 65.6. The van der Waals surface area contributed by atoms with Crippen LogP contribution in [0.25, 0.3) is 0 Å². The number of hydrogen-bond donors (Lipinski definition) is 2. The Morgan fingerprint density at radius 1 is 1.30 bits per heavy atom. The number of halogens is 5. The number of methoxy groups -OCH3 is 1. The number of ether oxygens (including phenoxy) is 2. The van der Waals surface area contributed by atoms with Gasteiger partial charge in [0.2, 0.25) is 0 Å². The van der Waals surface area contributed by atoms with Crippen LogP contribution in [0.4, 0.5) is 23.2 Å². The Kier molecular flexibility index (Phi) is 6.85. The zero-order chi connectivity index (χ0) is 24.6. The fourth-order valence-corrected chi connectivity index (χ4v) is 3.90. The predicted molar refractivity (Wildman–Crippen MR) is 111 cm³/mol. The van der Waals surface area contributed by atoms with Crippen molar-refractivity contribution in [1.82, 2.24) is 10.3 Å². The molecule has 0 unspecified atom stereocenters. The van der Waals surface area contributed by atoms with Crippen LogP contribution in [-0.4, -0.2) is 48.8 Å². The fraction of sp³-hybridized carbons (Fsp3) is 0.381. The van der Waals surface area contributed by atoms with Crippen molar-refractivity contribution < 1.29 is 36.6 Å². The quantitative estimate of drug-likeness (QED) is 0.618. The molecule has 12 heteroatoms. The SMILES string of the molecule is CNC(=O)c1cc(NC(=O)[C@@H]2O[C@](C)(C(F)(F)F)C[C@@H]2c2ccc(F)c(Cl)c2OC)ccn1. The molecule has 178 valence electrons. The van der Waals surface area contributed by atoms with E-state index in [-0.39, 0.29) is 22.7 Å². The Bertz CT molecular complexity index is 1080. The van der Waals surface area contributed by atoms with E-state index < -0.39 is 52.9 Å². The van der Waals surface area contributed by atoms with Crippen LogP contribution in [-0.2, 0) is 9.53 Å². The molecule has 0 bridgehead atoms. The maximum atomic E-state index is 13.9. The first-order chi connectivity index (χ1) is 15.4. The van der Waals surface area contributed by atoms with Gasteiger partial charge < -0.3 is 20.1 Å². The second-order valence-corrected chi connectivity index (χ2v) is 7.94. The lowest BCUT2D eigenvalue weighted by molar-refractivity contribution is -0.261. The minimum absolute atomic E-state index is 0.00805. The van der Waals surface area contributed by atoms with Gasteiger partial charge in [-0.25, -0.2) is 4.39 Å². The van der Waals surface area contributed by atoms with Crippen molar-refractivity contribution in [2.45, 2.75) is 37.1 Å². The topological polar surface area (TPSA) is 89.6 Å². The molecular weight excluding hydrogens is 470 g/mol. The summed E-state index contributed by atoms with van der Waals surface area (Å²) >= 11 is 5.95. The van der Waals surface area contributed by atoms with Crippen LogP contribution in [0.5, 0.6) is 5.75 Å². The second kappa shape index (κ2) is 9.14. The molecule has 2 heterocycles. The zero-order valence-corrected chi connectivity index (χ0v) is 18.5. The molecule has 1 aliphatic heterocycles. The average molecular weight is 490 g/mol. The third-order valence-corrected chi connectivity index (χ3v) is 5.74. The van der Waals surface area contributed by atoms with Crippen LogP contribution in [0.2, 0.25) is 5.02 Å². The van der Waals surface area contributed by atoms with Gasteiger partial charge in [-0.15, -0.1) is 0 Å². The highest BCUT2D eigenvalue weighted by atomic mass is 35.5. The molecule has 1 fully saturated rings. The van der Waals surface area contributed by atoms with Gasteiger partial charge in [0, 0.05) is 30.4 Å². The van der Waals surface area contributed by atoms with Crippen LogP contribution in [0.1, 0.15) is 35.3 Å². The molecule has 7 nitrogen and oxygen atoms in total. The third-order valence-electron chi connectivity index (χ3n) is 5.39. The number of carbonyl (C=O) groups is 2. The first-order valence-corrected chi connectivity index (χ1v) is 10.0. The molecule has 0 saturated carbocycles. The number of nitrogens with one attached hydrogen (secondary N) is 2. The molecule has 2 N–H and O–H groups in total. The number of anilines is 1. The number of aromatic nitrogens is 1. The molecule has 2 amide bonds. The van der Waals surface area contributed by atoms with E-state index in [2.05, 4.69) is 15.6 Å². The zero-order valence-electron chi connectivity index (χ0n) is 17.7. The van der Waals surface area contributed by atoms with Gasteiger partial charge in [0.05, 0.1) is 7.11 Å². The summed E-state index contributed by atoms with van der Waals surface area (Å²) in [6.07, 6.45) is -5.79. The highest BCUT2D eigenvalue weighted by molar-refractivity contribution is 6.32. The lowest BCUT2D eigenvalue weighted by Gasteiger charge is -2.27. The maximum absolute atomic E-state index is 13.9. The van der Waals surface area contributed by atoms with Gasteiger partial charge in [0.1, 0.15) is 28.4 Å². The molecule has 1 aromatic heterocycles. The minimum Gasteiger partial charge on any atom is -0.495 e. The highest BCUT2D eigenvalue weighted by Crippen LogP contribution is 2.52. The number of rotatable bonds is 5. The smallest absolute Gasteiger partial charge is 0.417 e. The molecule has 0 spiro atoms. The maximum Gasteiger partial charge on any atom is 0.417 e. The van der Waals surface area contributed by atoms with Gasteiger partial charge in [0.25, 0.3) is 11.8 Å². The van der Waals surface area contributed by atoms with E-state index in [1.54, 1.807) is 0 Å². The van der Waals surface area contributed by atoms with Gasteiger partial charge in [-0.3, -0.25) is 14.6 Å². The second-order valence-electron chi connectivity index (χ2n) is 7.56. The summed E-state index contributed by atoms with van der Waals surface area (Å²) in [5.41, 5.74) is -2.44. The molecule has 33 heavy (non-hydrogen) atoms. The lowest BCUT2D eigenvalue weighted by atomic mass is 9.86. The van der Waals surface area contributed by atoms with E-state index in [0.29, 0.717) is 0 Å². The Hall–Kier alpha value is -2.92. The summed E-state index contributed by atoms with van der Waals surface area (Å²) in [6.45, 7) is 0.834. The van der Waals surface area contributed by atoms with Gasteiger partial charge in [-0.05, 0) is 31.5 Å². The molecule has 1 saturated heterocycles. The van der Waals surface area contributed by atoms with Crippen molar-refractivity contribution >= 4 is 29.1 Å². The van der Waals surface area contributed by atoms with E-state index in [1.165, 1.54) is 38.6 Å². The molecule has 3 rings (SSSR count). The van der Waals surface area contributed by atoms with Crippen LogP contribution >= 0.6 is 11.6 Å². The molecule has 1 aromatic carbocycles. The van der Waals surface area contributed by atoms with E-state index in [1.807, 2.05) is 0 Å². The Labute approximate surface area is 191 Å². The molecule has 0 radical (unpaired) electrons. The van der Waals surface area contributed by atoms with Gasteiger partial charge in [-0.1, -0.05) is 17.7 Å². The molecule has 0 aliphatic carbocycles. The fourth-order valence-electron chi connectivity index (χ4n) is 3.65. The summed E-state index contributed by atoms with van der Waals surface area (Å²) in [7, 11) is 2.58. The monoisotopic (exact) mass is 489 g/mol. The number of carbonyl (C=O) groups excluding carboxylic acids is 2. The first kappa shape index (κ1) is 24.7. The number of benzene rings is 1. The van der Waals surface area contributed by atoms with Gasteiger partial charge in [0.15, 0.2) is 5.60 Å². The van der Waals surface area contributed by atoms with Crippen molar-refractivity contribution in [3.05, 3.63) is 52.6 Å². The Morgan fingerprint density at radius 3 is 2.61 bits per heavy atom. The summed E-state index contributed by atoms with van der Waals surface area (Å²) in [5.74, 6) is -3.58.